The second-order valence-electron chi connectivity index (χ2n) is 5.17. The van der Waals surface area contributed by atoms with E-state index in [2.05, 4.69) is 39.0 Å². The van der Waals surface area contributed by atoms with Gasteiger partial charge in [0.2, 0.25) is 0 Å². The predicted molar refractivity (Wildman–Crippen MR) is 91.1 cm³/mol. The maximum Gasteiger partial charge on any atom is 0.0927 e. The Kier molecular flexibility index (Phi) is 6.60. The van der Waals surface area contributed by atoms with Gasteiger partial charge in [0, 0.05) is 30.5 Å². The van der Waals surface area contributed by atoms with Gasteiger partial charge in [0.15, 0.2) is 0 Å². The summed E-state index contributed by atoms with van der Waals surface area (Å²) in [5, 5.41) is 19.3. The highest BCUT2D eigenvalue weighted by atomic mass is 79.9. The maximum absolute atomic E-state index is 10.5. The van der Waals surface area contributed by atoms with Gasteiger partial charge in [0.1, 0.15) is 0 Å². The molecule has 0 aliphatic rings. The van der Waals surface area contributed by atoms with Gasteiger partial charge in [-0.05, 0) is 17.2 Å². The van der Waals surface area contributed by atoms with Crippen LogP contribution in [-0.4, -0.2) is 23.1 Å². The average Bonchev–Trinajstić information content (AvgIpc) is 2.54. The molecule has 2 rings (SSSR count). The Bertz CT molecular complexity index is 624. The predicted octanol–water partition coefficient (Wildman–Crippen LogP) is 3.90. The van der Waals surface area contributed by atoms with E-state index in [0.717, 1.165) is 16.6 Å². The highest BCUT2D eigenvalue weighted by molar-refractivity contribution is 9.10. The number of aliphatic hydroxyl groups is 1. The molecule has 0 aromatic heterocycles. The smallest absolute Gasteiger partial charge is 0.0927 e. The molecule has 0 bridgehead atoms. The van der Waals surface area contributed by atoms with Crippen LogP contribution in [0.3, 0.4) is 0 Å². The van der Waals surface area contributed by atoms with Gasteiger partial charge in [-0.1, -0.05) is 64.5 Å². The molecule has 2 aromatic carbocycles. The monoisotopic (exact) mass is 358 g/mol. The van der Waals surface area contributed by atoms with E-state index in [1.54, 1.807) is 0 Å². The van der Waals surface area contributed by atoms with E-state index in [1.165, 1.54) is 5.56 Å². The second-order valence-corrected chi connectivity index (χ2v) is 6.02. The van der Waals surface area contributed by atoms with E-state index in [-0.39, 0.29) is 0 Å². The fourth-order valence-corrected chi connectivity index (χ4v) is 2.92. The summed E-state index contributed by atoms with van der Waals surface area (Å²) in [4.78, 5) is 2.11. The highest BCUT2D eigenvalue weighted by Gasteiger charge is 2.15. The zero-order valence-corrected chi connectivity index (χ0v) is 13.9. The molecule has 0 spiro atoms. The average molecular weight is 359 g/mol. The molecule has 1 atom stereocenters. The number of nitriles is 1. The van der Waals surface area contributed by atoms with Crippen molar-refractivity contribution in [3.8, 4) is 6.07 Å². The van der Waals surface area contributed by atoms with Crippen molar-refractivity contribution in [1.29, 1.82) is 5.26 Å². The van der Waals surface area contributed by atoms with Crippen molar-refractivity contribution in [2.45, 2.75) is 19.1 Å². The number of benzene rings is 2. The summed E-state index contributed by atoms with van der Waals surface area (Å²) in [5.41, 5.74) is 2.05. The van der Waals surface area contributed by atoms with Crippen LogP contribution >= 0.6 is 15.9 Å². The number of halogens is 1. The Hall–Kier alpha value is -1.67. The van der Waals surface area contributed by atoms with Crippen LogP contribution in [0.5, 0.6) is 0 Å². The third-order valence-electron chi connectivity index (χ3n) is 3.48. The summed E-state index contributed by atoms with van der Waals surface area (Å²) in [6, 6.07) is 20.0. The van der Waals surface area contributed by atoms with Crippen LogP contribution in [0.15, 0.2) is 59.1 Å². The normalized spacial score (nSPS) is 12.1. The van der Waals surface area contributed by atoms with Crippen molar-refractivity contribution >= 4 is 15.9 Å². The molecular weight excluding hydrogens is 340 g/mol. The molecule has 2 aromatic rings. The summed E-state index contributed by atoms with van der Waals surface area (Å²) >= 11 is 3.48. The molecule has 1 unspecified atom stereocenters. The van der Waals surface area contributed by atoms with Gasteiger partial charge in [-0.3, -0.25) is 4.90 Å². The quantitative estimate of drug-likeness (QED) is 0.816. The van der Waals surface area contributed by atoms with Crippen molar-refractivity contribution in [1.82, 2.24) is 4.90 Å². The number of hydrogen-bond donors (Lipinski definition) is 1. The van der Waals surface area contributed by atoms with Gasteiger partial charge < -0.3 is 5.11 Å². The SMILES string of the molecule is N#CCCN(Cc1ccccc1)CC(O)c1ccccc1Br. The van der Waals surface area contributed by atoms with Crippen molar-refractivity contribution in [3.63, 3.8) is 0 Å². The molecule has 0 saturated carbocycles. The summed E-state index contributed by atoms with van der Waals surface area (Å²) in [6.45, 7) is 1.87. The molecule has 4 heteroatoms. The Morgan fingerprint density at radius 1 is 1.09 bits per heavy atom. The lowest BCUT2D eigenvalue weighted by molar-refractivity contribution is 0.110. The molecule has 114 valence electrons. The zero-order chi connectivity index (χ0) is 15.8. The lowest BCUT2D eigenvalue weighted by atomic mass is 10.1. The van der Waals surface area contributed by atoms with Gasteiger partial charge in [-0.15, -0.1) is 0 Å². The minimum Gasteiger partial charge on any atom is -0.387 e. The van der Waals surface area contributed by atoms with Crippen molar-refractivity contribution in [2.24, 2.45) is 0 Å². The van der Waals surface area contributed by atoms with Crippen LogP contribution in [0.1, 0.15) is 23.7 Å². The van der Waals surface area contributed by atoms with Gasteiger partial charge in [-0.2, -0.15) is 5.26 Å². The Balaban J connectivity index is 2.06. The van der Waals surface area contributed by atoms with Crippen molar-refractivity contribution in [3.05, 3.63) is 70.2 Å². The Morgan fingerprint density at radius 2 is 1.77 bits per heavy atom. The first kappa shape index (κ1) is 16.7. The van der Waals surface area contributed by atoms with Gasteiger partial charge in [0.05, 0.1) is 12.2 Å². The molecular formula is C18H19BrN2O. The maximum atomic E-state index is 10.5. The van der Waals surface area contributed by atoms with E-state index in [0.29, 0.717) is 19.5 Å². The number of rotatable bonds is 7. The molecule has 3 nitrogen and oxygen atoms in total. The zero-order valence-electron chi connectivity index (χ0n) is 12.3. The molecule has 0 amide bonds. The highest BCUT2D eigenvalue weighted by Crippen LogP contribution is 2.24. The first-order chi connectivity index (χ1) is 10.7. The lowest BCUT2D eigenvalue weighted by Crippen LogP contribution is -2.29. The third-order valence-corrected chi connectivity index (χ3v) is 4.21. The molecule has 0 fully saturated rings. The van der Waals surface area contributed by atoms with Crippen LogP contribution in [0.25, 0.3) is 0 Å². The molecule has 0 aliphatic heterocycles. The number of nitrogens with zero attached hydrogens (tertiary/aromatic N) is 2. The van der Waals surface area contributed by atoms with Crippen LogP contribution in [0, 0.1) is 11.3 Å². The number of hydrogen-bond acceptors (Lipinski definition) is 3. The lowest BCUT2D eigenvalue weighted by Gasteiger charge is -2.25. The van der Waals surface area contributed by atoms with E-state index in [1.807, 2.05) is 42.5 Å². The van der Waals surface area contributed by atoms with Crippen LogP contribution in [-0.2, 0) is 6.54 Å². The third kappa shape index (κ3) is 4.96. The molecule has 1 N–H and O–H groups in total. The molecule has 0 saturated heterocycles. The molecule has 0 heterocycles. The van der Waals surface area contributed by atoms with Gasteiger partial charge in [-0.25, -0.2) is 0 Å². The van der Waals surface area contributed by atoms with Crippen molar-refractivity contribution < 1.29 is 5.11 Å². The van der Waals surface area contributed by atoms with E-state index < -0.39 is 6.10 Å². The topological polar surface area (TPSA) is 47.3 Å². The van der Waals surface area contributed by atoms with E-state index in [4.69, 9.17) is 5.26 Å². The van der Waals surface area contributed by atoms with E-state index in [9.17, 15) is 5.11 Å². The van der Waals surface area contributed by atoms with E-state index >= 15 is 0 Å². The first-order valence-electron chi connectivity index (χ1n) is 7.26. The molecule has 0 radical (unpaired) electrons. The largest absolute Gasteiger partial charge is 0.387 e. The second kappa shape index (κ2) is 8.70. The summed E-state index contributed by atoms with van der Waals surface area (Å²) < 4.78 is 0.905. The standard InChI is InChI=1S/C18H19BrN2O/c19-17-10-5-4-9-16(17)18(22)14-21(12-6-11-20)13-15-7-2-1-3-8-15/h1-5,7-10,18,22H,6,12-14H2. The summed E-state index contributed by atoms with van der Waals surface area (Å²) in [6.07, 6.45) is -0.131. The van der Waals surface area contributed by atoms with Crippen LogP contribution in [0.4, 0.5) is 0 Å². The first-order valence-corrected chi connectivity index (χ1v) is 8.05. The fraction of sp³-hybridized carbons (Fsp3) is 0.278. The Morgan fingerprint density at radius 3 is 2.45 bits per heavy atom. The minimum absolute atomic E-state index is 0.454. The van der Waals surface area contributed by atoms with Crippen molar-refractivity contribution in [2.75, 3.05) is 13.1 Å². The van der Waals surface area contributed by atoms with Crippen LogP contribution in [0.2, 0.25) is 0 Å². The Labute approximate surface area is 139 Å². The van der Waals surface area contributed by atoms with Gasteiger partial charge in [0.25, 0.3) is 0 Å². The minimum atomic E-state index is -0.585. The fourth-order valence-electron chi connectivity index (χ4n) is 2.37. The molecule has 0 aliphatic carbocycles. The molecule has 22 heavy (non-hydrogen) atoms. The van der Waals surface area contributed by atoms with Gasteiger partial charge >= 0.3 is 0 Å². The summed E-state index contributed by atoms with van der Waals surface area (Å²) in [5.74, 6) is 0. The number of aliphatic hydroxyl groups excluding tert-OH is 1. The summed E-state index contributed by atoms with van der Waals surface area (Å²) in [7, 11) is 0. The van der Waals surface area contributed by atoms with Crippen LogP contribution < -0.4 is 0 Å².